The van der Waals surface area contributed by atoms with E-state index in [1.807, 2.05) is 0 Å². The second-order valence-electron chi connectivity index (χ2n) is 10.4. The van der Waals surface area contributed by atoms with Gasteiger partial charge in [0.25, 0.3) is 10.0 Å². The summed E-state index contributed by atoms with van der Waals surface area (Å²) in [5.41, 5.74) is -4.01. The van der Waals surface area contributed by atoms with Gasteiger partial charge in [-0.25, -0.2) is 30.7 Å². The Morgan fingerprint density at radius 2 is 1.65 bits per heavy atom. The summed E-state index contributed by atoms with van der Waals surface area (Å²) >= 11 is 0. The van der Waals surface area contributed by atoms with Gasteiger partial charge in [0.2, 0.25) is 15.6 Å². The van der Waals surface area contributed by atoms with Gasteiger partial charge in [-0.2, -0.15) is 13.2 Å². The minimum absolute atomic E-state index is 0.0339. The number of sulfonamides is 2. The van der Waals surface area contributed by atoms with Gasteiger partial charge in [-0.15, -0.1) is 0 Å². The lowest BCUT2D eigenvalue weighted by Gasteiger charge is -2.38. The van der Waals surface area contributed by atoms with Crippen molar-refractivity contribution in [2.45, 2.75) is 62.4 Å². The minimum Gasteiger partial charge on any atom is -0.486 e. The van der Waals surface area contributed by atoms with Crippen LogP contribution in [0.2, 0.25) is 0 Å². The highest BCUT2D eigenvalue weighted by Crippen LogP contribution is 2.40. The fraction of sp³-hybridized carbons (Fsp3) is 0.458. The monoisotopic (exact) mass is 611 g/mol. The molecule has 0 aliphatic carbocycles. The summed E-state index contributed by atoms with van der Waals surface area (Å²) in [5.74, 6) is -0.633. The van der Waals surface area contributed by atoms with Gasteiger partial charge < -0.3 is 9.47 Å². The van der Waals surface area contributed by atoms with Crippen molar-refractivity contribution < 1.29 is 48.7 Å². The molecule has 0 radical (unpaired) electrons. The van der Waals surface area contributed by atoms with Crippen molar-refractivity contribution in [1.82, 2.24) is 4.72 Å². The highest BCUT2D eigenvalue weighted by molar-refractivity contribution is 7.92. The Morgan fingerprint density at radius 1 is 1.05 bits per heavy atom. The van der Waals surface area contributed by atoms with E-state index < -0.39 is 55.4 Å². The molecule has 1 aliphatic heterocycles. The summed E-state index contributed by atoms with van der Waals surface area (Å²) in [6, 6.07) is 7.78. The molecular weight excluding hydrogens is 582 g/mol. The fourth-order valence-electron chi connectivity index (χ4n) is 4.00. The maximum Gasteiger partial charge on any atom is 0.427 e. The zero-order valence-electron chi connectivity index (χ0n) is 22.2. The van der Waals surface area contributed by atoms with Gasteiger partial charge in [0, 0.05) is 17.6 Å². The third-order valence-electron chi connectivity index (χ3n) is 5.77. The van der Waals surface area contributed by atoms with Crippen LogP contribution in [0.1, 0.15) is 34.1 Å². The van der Waals surface area contributed by atoms with E-state index in [9.17, 15) is 39.2 Å². The zero-order chi connectivity index (χ0) is 30.3. The molecule has 2 N–H and O–H groups in total. The van der Waals surface area contributed by atoms with Crippen LogP contribution < -0.4 is 19.1 Å². The van der Waals surface area contributed by atoms with Gasteiger partial charge in [-0.05, 0) is 70.2 Å². The Labute approximate surface area is 229 Å². The summed E-state index contributed by atoms with van der Waals surface area (Å²) in [5, 5.41) is 2.15. The Bertz CT molecular complexity index is 1480. The van der Waals surface area contributed by atoms with Gasteiger partial charge in [-0.1, -0.05) is 0 Å². The molecule has 2 aromatic carbocycles. The molecule has 2 aromatic rings. The number of hydrogen-bond donors (Lipinski definition) is 2. The van der Waals surface area contributed by atoms with E-state index >= 15 is 0 Å². The number of halogens is 4. The van der Waals surface area contributed by atoms with Crippen molar-refractivity contribution in [3.8, 4) is 5.75 Å². The number of hydrogen-bond acceptors (Lipinski definition) is 7. The first kappa shape index (κ1) is 31.4. The number of carbonyl (C=O) groups excluding carboxylic acids is 1. The molecule has 1 atom stereocenters. The molecular formula is C24H29F4N3O7S2. The normalized spacial score (nSPS) is 16.6. The molecule has 40 heavy (non-hydrogen) atoms. The number of alkyl halides is 3. The van der Waals surface area contributed by atoms with E-state index in [4.69, 9.17) is 4.74 Å². The molecule has 0 spiro atoms. The minimum atomic E-state index is -4.84. The predicted molar refractivity (Wildman–Crippen MR) is 139 cm³/mol. The molecule has 1 heterocycles. The maximum atomic E-state index is 13.6. The number of nitrogens with one attached hydrogen (secondary N) is 2. The molecule has 0 aromatic heterocycles. The molecule has 0 saturated carbocycles. The summed E-state index contributed by atoms with van der Waals surface area (Å²) in [6.45, 7) is 4.21. The van der Waals surface area contributed by atoms with Gasteiger partial charge in [0.05, 0.1) is 23.4 Å². The van der Waals surface area contributed by atoms with Crippen molar-refractivity contribution in [3.05, 3.63) is 48.3 Å². The van der Waals surface area contributed by atoms with Crippen molar-refractivity contribution in [2.75, 3.05) is 22.4 Å². The van der Waals surface area contributed by atoms with Crippen molar-refractivity contribution in [3.63, 3.8) is 0 Å². The predicted octanol–water partition coefficient (Wildman–Crippen LogP) is 4.39. The number of nitrogens with zero attached hydrogens (tertiary/aromatic N) is 1. The first-order valence-electron chi connectivity index (χ1n) is 11.7. The van der Waals surface area contributed by atoms with Crippen LogP contribution in [0.25, 0.3) is 0 Å². The molecule has 0 unspecified atom stereocenters. The molecule has 0 fully saturated rings. The highest BCUT2D eigenvalue weighted by Gasteiger charge is 2.51. The third kappa shape index (κ3) is 7.54. The number of amides is 1. The summed E-state index contributed by atoms with van der Waals surface area (Å²) < 4.78 is 118. The summed E-state index contributed by atoms with van der Waals surface area (Å²) in [4.78, 5) is 11.9. The van der Waals surface area contributed by atoms with Crippen LogP contribution in [0.3, 0.4) is 0 Å². The highest BCUT2D eigenvalue weighted by atomic mass is 32.2. The lowest BCUT2D eigenvalue weighted by atomic mass is 9.97. The van der Waals surface area contributed by atoms with E-state index in [-0.39, 0.29) is 35.0 Å². The van der Waals surface area contributed by atoms with E-state index in [0.29, 0.717) is 13.8 Å². The lowest BCUT2D eigenvalue weighted by molar-refractivity contribution is -0.242. The van der Waals surface area contributed by atoms with Crippen LogP contribution in [0.15, 0.2) is 47.4 Å². The smallest absolute Gasteiger partial charge is 0.427 e. The maximum absolute atomic E-state index is 13.6. The number of benzene rings is 2. The Morgan fingerprint density at radius 3 is 2.20 bits per heavy atom. The molecule has 16 heteroatoms. The van der Waals surface area contributed by atoms with Crippen LogP contribution in [0.4, 0.5) is 33.7 Å². The van der Waals surface area contributed by atoms with E-state index in [2.05, 4.69) is 14.8 Å². The topological polar surface area (TPSA) is 131 Å². The molecule has 10 nitrogen and oxygen atoms in total. The SMILES string of the molecule is CC(C)(C[C@H]1CN(S(=O)(=O)c2ccc(F)cc2)c2cc(NC(=O)OC(C)(C)C(F)(F)F)ccc2O1)NS(C)(=O)=O. The zero-order valence-corrected chi connectivity index (χ0v) is 23.8. The Hall–Kier alpha value is -3.11. The van der Waals surface area contributed by atoms with Gasteiger partial charge in [-0.3, -0.25) is 9.62 Å². The van der Waals surface area contributed by atoms with E-state index in [0.717, 1.165) is 34.8 Å². The van der Waals surface area contributed by atoms with Crippen LogP contribution in [-0.4, -0.2) is 59.1 Å². The number of rotatable bonds is 8. The van der Waals surface area contributed by atoms with Crippen LogP contribution in [0.5, 0.6) is 5.75 Å². The van der Waals surface area contributed by atoms with E-state index in [1.54, 1.807) is 13.8 Å². The summed E-state index contributed by atoms with van der Waals surface area (Å²) in [6.07, 6.45) is -6.12. The van der Waals surface area contributed by atoms with Crippen molar-refractivity contribution >= 4 is 37.5 Å². The van der Waals surface area contributed by atoms with E-state index in [1.165, 1.54) is 18.2 Å². The average Bonchev–Trinajstić information content (AvgIpc) is 2.75. The molecule has 3 rings (SSSR count). The van der Waals surface area contributed by atoms with Crippen LogP contribution in [0, 0.1) is 5.82 Å². The number of fused-ring (bicyclic) bond motifs is 1. The first-order valence-corrected chi connectivity index (χ1v) is 15.1. The number of carbonyl (C=O) groups is 1. The fourth-order valence-corrected chi connectivity index (χ4v) is 6.59. The van der Waals surface area contributed by atoms with Gasteiger partial charge in [0.15, 0.2) is 0 Å². The second kappa shape index (κ2) is 10.7. The van der Waals surface area contributed by atoms with Crippen LogP contribution in [-0.2, 0) is 24.8 Å². The first-order chi connectivity index (χ1) is 18.1. The lowest BCUT2D eigenvalue weighted by Crippen LogP contribution is -2.50. The summed E-state index contributed by atoms with van der Waals surface area (Å²) in [7, 11) is -7.97. The quantitative estimate of drug-likeness (QED) is 0.424. The largest absolute Gasteiger partial charge is 0.486 e. The van der Waals surface area contributed by atoms with Crippen molar-refractivity contribution in [1.29, 1.82) is 0 Å². The molecule has 1 aliphatic rings. The number of ether oxygens (including phenoxy) is 2. The molecule has 0 bridgehead atoms. The Balaban J connectivity index is 1.99. The van der Waals surface area contributed by atoms with Crippen molar-refractivity contribution in [2.24, 2.45) is 0 Å². The molecule has 1 amide bonds. The second-order valence-corrected chi connectivity index (χ2v) is 14.0. The third-order valence-corrected chi connectivity index (χ3v) is 8.49. The Kier molecular flexibility index (Phi) is 8.41. The average molecular weight is 612 g/mol. The van der Waals surface area contributed by atoms with Gasteiger partial charge >= 0.3 is 12.3 Å². The molecule has 222 valence electrons. The van der Waals surface area contributed by atoms with Gasteiger partial charge in [0.1, 0.15) is 17.7 Å². The molecule has 0 saturated heterocycles. The standard InChI is InChI=1S/C24H29F4N3O7S2/c1-22(2,30-39(5,33)34)13-17-14-31(40(35,36)18-9-6-15(25)7-10-18)19-12-16(8-11-20(19)37-17)29-21(32)38-23(3,4)24(26,27)28/h6-12,17,30H,13-14H2,1-5H3,(H,29,32)/t17-/m0/s1. The number of anilines is 2. The van der Waals surface area contributed by atoms with Crippen LogP contribution >= 0.6 is 0 Å².